The Labute approximate surface area is 185 Å². The van der Waals surface area contributed by atoms with Gasteiger partial charge in [0.1, 0.15) is 11.6 Å². The van der Waals surface area contributed by atoms with E-state index in [1.165, 1.54) is 31.4 Å². The SMILES string of the molecule is COc1ccc(S(=O)(=O)NC(=O)CNc2nc(C)cc(Nc3ccc(C#N)cc3)n2)cc1. The second-order valence-corrected chi connectivity index (χ2v) is 8.27. The van der Waals surface area contributed by atoms with Gasteiger partial charge in [0.15, 0.2) is 0 Å². The van der Waals surface area contributed by atoms with Crippen LogP contribution in [-0.2, 0) is 14.8 Å². The predicted molar refractivity (Wildman–Crippen MR) is 118 cm³/mol. The number of carbonyl (C=O) groups excluding carboxylic acids is 1. The number of carbonyl (C=O) groups is 1. The molecule has 11 heteroatoms. The van der Waals surface area contributed by atoms with Gasteiger partial charge in [-0.15, -0.1) is 0 Å². The Morgan fingerprint density at radius 1 is 1.09 bits per heavy atom. The number of hydrogen-bond acceptors (Lipinski definition) is 9. The van der Waals surface area contributed by atoms with Crippen LogP contribution >= 0.6 is 0 Å². The molecule has 0 saturated heterocycles. The number of aryl methyl sites for hydroxylation is 1. The number of nitrogens with zero attached hydrogens (tertiary/aromatic N) is 3. The Kier molecular flexibility index (Phi) is 6.87. The molecule has 2 aromatic carbocycles. The summed E-state index contributed by atoms with van der Waals surface area (Å²) in [5.74, 6) is 0.348. The Bertz CT molecular complexity index is 1250. The van der Waals surface area contributed by atoms with Crippen molar-refractivity contribution in [1.29, 1.82) is 5.26 Å². The maximum absolute atomic E-state index is 12.3. The van der Waals surface area contributed by atoms with E-state index in [4.69, 9.17) is 10.00 Å². The zero-order valence-electron chi connectivity index (χ0n) is 17.3. The standard InChI is InChI=1S/C21H20N6O4S/c1-14-11-19(25-16-5-3-15(12-22)4-6-16)26-21(24-14)23-13-20(28)27-32(29,30)18-9-7-17(31-2)8-10-18/h3-11H,13H2,1-2H3,(H,27,28)(H2,23,24,25,26). The lowest BCUT2D eigenvalue weighted by atomic mass is 10.2. The first kappa shape index (κ1) is 22.5. The van der Waals surface area contributed by atoms with Crippen LogP contribution in [0.2, 0.25) is 0 Å². The monoisotopic (exact) mass is 452 g/mol. The third-order valence-corrected chi connectivity index (χ3v) is 5.55. The average Bonchev–Trinajstić information content (AvgIpc) is 2.77. The van der Waals surface area contributed by atoms with E-state index in [-0.39, 0.29) is 17.4 Å². The van der Waals surface area contributed by atoms with Crippen LogP contribution in [0, 0.1) is 18.3 Å². The molecule has 1 amide bonds. The van der Waals surface area contributed by atoms with Gasteiger partial charge in [-0.3, -0.25) is 4.79 Å². The molecule has 0 fully saturated rings. The van der Waals surface area contributed by atoms with Gasteiger partial charge in [-0.25, -0.2) is 18.1 Å². The summed E-state index contributed by atoms with van der Waals surface area (Å²) in [6.45, 7) is 1.40. The largest absolute Gasteiger partial charge is 0.497 e. The zero-order valence-corrected chi connectivity index (χ0v) is 18.1. The molecule has 3 aromatic rings. The van der Waals surface area contributed by atoms with E-state index < -0.39 is 15.9 Å². The topological polar surface area (TPSA) is 146 Å². The number of nitriles is 1. The highest BCUT2D eigenvalue weighted by Crippen LogP contribution is 2.18. The van der Waals surface area contributed by atoms with Crippen LogP contribution in [0.25, 0.3) is 0 Å². The summed E-state index contributed by atoms with van der Waals surface area (Å²) < 4.78 is 31.7. The van der Waals surface area contributed by atoms with Gasteiger partial charge in [0.2, 0.25) is 5.95 Å². The third kappa shape index (κ3) is 5.93. The van der Waals surface area contributed by atoms with Crippen LogP contribution in [0.5, 0.6) is 5.75 Å². The Hall–Kier alpha value is -4.17. The highest BCUT2D eigenvalue weighted by atomic mass is 32.2. The summed E-state index contributed by atoms with van der Waals surface area (Å²) in [4.78, 5) is 20.6. The number of rotatable bonds is 8. The minimum atomic E-state index is -4.02. The smallest absolute Gasteiger partial charge is 0.264 e. The van der Waals surface area contributed by atoms with E-state index in [0.29, 0.717) is 22.8 Å². The van der Waals surface area contributed by atoms with Crippen molar-refractivity contribution in [2.24, 2.45) is 0 Å². The maximum atomic E-state index is 12.3. The van der Waals surface area contributed by atoms with Crippen LogP contribution in [0.3, 0.4) is 0 Å². The number of methoxy groups -OCH3 is 1. The van der Waals surface area contributed by atoms with Gasteiger partial charge in [-0.2, -0.15) is 10.2 Å². The Morgan fingerprint density at radius 3 is 2.41 bits per heavy atom. The normalized spacial score (nSPS) is 10.7. The van der Waals surface area contributed by atoms with Crippen molar-refractivity contribution in [2.75, 3.05) is 24.3 Å². The maximum Gasteiger partial charge on any atom is 0.264 e. The van der Waals surface area contributed by atoms with E-state index in [1.807, 2.05) is 10.8 Å². The Morgan fingerprint density at radius 2 is 1.78 bits per heavy atom. The fourth-order valence-corrected chi connectivity index (χ4v) is 3.63. The third-order valence-electron chi connectivity index (χ3n) is 4.17. The number of hydrogen-bond donors (Lipinski definition) is 3. The predicted octanol–water partition coefficient (Wildman–Crippen LogP) is 2.33. The van der Waals surface area contributed by atoms with E-state index in [0.717, 1.165) is 5.69 Å². The molecule has 1 aromatic heterocycles. The molecule has 3 N–H and O–H groups in total. The lowest BCUT2D eigenvalue weighted by Gasteiger charge is -2.11. The number of aromatic nitrogens is 2. The summed E-state index contributed by atoms with van der Waals surface area (Å²) >= 11 is 0. The number of sulfonamides is 1. The molecule has 164 valence electrons. The molecule has 3 rings (SSSR count). The molecule has 32 heavy (non-hydrogen) atoms. The molecule has 0 atom stereocenters. The van der Waals surface area contributed by atoms with Crippen molar-refractivity contribution >= 4 is 33.4 Å². The van der Waals surface area contributed by atoms with E-state index in [2.05, 4.69) is 20.6 Å². The molecule has 0 aliphatic heterocycles. The van der Waals surface area contributed by atoms with Gasteiger partial charge >= 0.3 is 0 Å². The van der Waals surface area contributed by atoms with Crippen LogP contribution < -0.4 is 20.1 Å². The number of benzene rings is 2. The number of anilines is 3. The van der Waals surface area contributed by atoms with Gasteiger partial charge in [0.25, 0.3) is 15.9 Å². The Balaban J connectivity index is 1.63. The quantitative estimate of drug-likeness (QED) is 0.468. The molecular formula is C21H20N6O4S. The number of nitrogens with one attached hydrogen (secondary N) is 3. The summed E-state index contributed by atoms with van der Waals surface area (Å²) in [7, 11) is -2.55. The second kappa shape index (κ2) is 9.76. The van der Waals surface area contributed by atoms with Crippen molar-refractivity contribution in [2.45, 2.75) is 11.8 Å². The van der Waals surface area contributed by atoms with Gasteiger partial charge < -0.3 is 15.4 Å². The van der Waals surface area contributed by atoms with Crippen molar-refractivity contribution in [3.05, 3.63) is 65.9 Å². The van der Waals surface area contributed by atoms with Crippen LogP contribution in [0.1, 0.15) is 11.3 Å². The summed E-state index contributed by atoms with van der Waals surface area (Å²) in [6, 6.07) is 16.2. The minimum Gasteiger partial charge on any atom is -0.497 e. The zero-order chi connectivity index (χ0) is 23.1. The molecular weight excluding hydrogens is 432 g/mol. The highest BCUT2D eigenvalue weighted by molar-refractivity contribution is 7.90. The minimum absolute atomic E-state index is 0.0626. The highest BCUT2D eigenvalue weighted by Gasteiger charge is 2.18. The summed E-state index contributed by atoms with van der Waals surface area (Å²) in [6.07, 6.45) is 0. The number of ether oxygens (including phenoxy) is 1. The van der Waals surface area contributed by atoms with E-state index in [9.17, 15) is 13.2 Å². The molecule has 0 radical (unpaired) electrons. The first-order valence-corrected chi connectivity index (χ1v) is 10.8. The fraction of sp³-hybridized carbons (Fsp3) is 0.143. The summed E-state index contributed by atoms with van der Waals surface area (Å²) in [5, 5.41) is 14.7. The van der Waals surface area contributed by atoms with Crippen LogP contribution in [-0.4, -0.2) is 37.9 Å². The molecule has 0 unspecified atom stereocenters. The lowest BCUT2D eigenvalue weighted by molar-refractivity contribution is -0.117. The molecule has 0 aliphatic rings. The first-order chi connectivity index (χ1) is 15.3. The first-order valence-electron chi connectivity index (χ1n) is 9.35. The van der Waals surface area contributed by atoms with Gasteiger partial charge in [0.05, 0.1) is 30.2 Å². The van der Waals surface area contributed by atoms with E-state index in [1.54, 1.807) is 37.3 Å². The van der Waals surface area contributed by atoms with Crippen LogP contribution in [0.15, 0.2) is 59.5 Å². The van der Waals surface area contributed by atoms with Crippen molar-refractivity contribution < 1.29 is 17.9 Å². The molecule has 0 saturated carbocycles. The van der Waals surface area contributed by atoms with E-state index >= 15 is 0 Å². The number of amides is 1. The summed E-state index contributed by atoms with van der Waals surface area (Å²) in [5.41, 5.74) is 1.88. The van der Waals surface area contributed by atoms with Crippen molar-refractivity contribution in [3.8, 4) is 11.8 Å². The molecule has 0 bridgehead atoms. The molecule has 1 heterocycles. The molecule has 10 nitrogen and oxygen atoms in total. The lowest BCUT2D eigenvalue weighted by Crippen LogP contribution is -2.35. The van der Waals surface area contributed by atoms with Crippen molar-refractivity contribution in [3.63, 3.8) is 0 Å². The average molecular weight is 452 g/mol. The molecule has 0 spiro atoms. The molecule has 0 aliphatic carbocycles. The van der Waals surface area contributed by atoms with Gasteiger partial charge in [-0.1, -0.05) is 0 Å². The van der Waals surface area contributed by atoms with Crippen molar-refractivity contribution in [1.82, 2.24) is 14.7 Å². The van der Waals surface area contributed by atoms with Gasteiger partial charge in [0, 0.05) is 17.4 Å². The second-order valence-electron chi connectivity index (χ2n) is 6.59. The van der Waals surface area contributed by atoms with Crippen LogP contribution in [0.4, 0.5) is 17.5 Å². The fourth-order valence-electron chi connectivity index (χ4n) is 2.65. The van der Waals surface area contributed by atoms with Gasteiger partial charge in [-0.05, 0) is 55.5 Å².